The van der Waals surface area contributed by atoms with Crippen molar-refractivity contribution in [2.75, 3.05) is 32.8 Å². The van der Waals surface area contributed by atoms with Gasteiger partial charge in [-0.2, -0.15) is 0 Å². The van der Waals surface area contributed by atoms with Crippen LogP contribution in [0.4, 0.5) is 0 Å². The Bertz CT molecular complexity index is 181. The molecule has 1 fully saturated rings. The number of nitrogens with zero attached hydrogens (tertiary/aromatic N) is 1. The number of rotatable bonds is 9. The second kappa shape index (κ2) is 8.90. The number of hydrogen-bond acceptors (Lipinski definition) is 3. The van der Waals surface area contributed by atoms with Crippen LogP contribution >= 0.6 is 0 Å². The van der Waals surface area contributed by atoms with Crippen molar-refractivity contribution in [2.24, 2.45) is 0 Å². The summed E-state index contributed by atoms with van der Waals surface area (Å²) in [7, 11) is 0. The van der Waals surface area contributed by atoms with Gasteiger partial charge in [-0.15, -0.1) is 0 Å². The van der Waals surface area contributed by atoms with Crippen molar-refractivity contribution >= 4 is 0 Å². The minimum atomic E-state index is 0.489. The third-order valence-electron chi connectivity index (χ3n) is 3.58. The Balaban J connectivity index is 2.09. The Morgan fingerprint density at radius 1 is 1.41 bits per heavy atom. The van der Waals surface area contributed by atoms with Crippen LogP contribution < -0.4 is 5.32 Å². The summed E-state index contributed by atoms with van der Waals surface area (Å²) in [5.41, 5.74) is 0. The molecule has 1 saturated heterocycles. The highest BCUT2D eigenvalue weighted by Crippen LogP contribution is 2.12. The van der Waals surface area contributed by atoms with E-state index in [9.17, 15) is 0 Å². The summed E-state index contributed by atoms with van der Waals surface area (Å²) in [4.78, 5) is 2.50. The Kier molecular flexibility index (Phi) is 7.82. The molecule has 0 aromatic heterocycles. The second-order valence-corrected chi connectivity index (χ2v) is 5.17. The van der Waals surface area contributed by atoms with E-state index in [0.29, 0.717) is 12.1 Å². The molecule has 0 spiro atoms. The Morgan fingerprint density at radius 3 is 2.82 bits per heavy atom. The van der Waals surface area contributed by atoms with Crippen LogP contribution in [0, 0.1) is 0 Å². The molecular weight excluding hydrogens is 212 g/mol. The molecule has 1 aliphatic heterocycles. The normalized spacial score (nSPS) is 22.2. The molecule has 0 aromatic carbocycles. The molecule has 0 radical (unpaired) electrons. The maximum atomic E-state index is 5.69. The Hall–Kier alpha value is -0.120. The van der Waals surface area contributed by atoms with Crippen LogP contribution in [0.1, 0.15) is 46.5 Å². The summed E-state index contributed by atoms with van der Waals surface area (Å²) in [5.74, 6) is 0. The van der Waals surface area contributed by atoms with E-state index >= 15 is 0 Å². The first-order valence-electron chi connectivity index (χ1n) is 7.33. The molecule has 2 unspecified atom stereocenters. The van der Waals surface area contributed by atoms with E-state index in [2.05, 4.69) is 31.0 Å². The molecule has 0 aliphatic carbocycles. The van der Waals surface area contributed by atoms with Gasteiger partial charge in [-0.1, -0.05) is 20.3 Å². The molecule has 0 amide bonds. The summed E-state index contributed by atoms with van der Waals surface area (Å²) in [6.07, 6.45) is 5.52. The first-order chi connectivity index (χ1) is 8.26. The molecule has 0 bridgehead atoms. The summed E-state index contributed by atoms with van der Waals surface area (Å²) < 4.78 is 5.69. The van der Waals surface area contributed by atoms with Gasteiger partial charge in [0.1, 0.15) is 0 Å². The van der Waals surface area contributed by atoms with Crippen molar-refractivity contribution in [3.05, 3.63) is 0 Å². The fourth-order valence-corrected chi connectivity index (χ4v) is 2.46. The molecule has 1 heterocycles. The van der Waals surface area contributed by atoms with Gasteiger partial charge in [-0.05, 0) is 32.7 Å². The Labute approximate surface area is 107 Å². The van der Waals surface area contributed by atoms with Crippen molar-refractivity contribution in [2.45, 2.75) is 58.6 Å². The lowest BCUT2D eigenvalue weighted by Crippen LogP contribution is -2.39. The van der Waals surface area contributed by atoms with E-state index in [0.717, 1.165) is 32.8 Å². The van der Waals surface area contributed by atoms with Crippen LogP contribution in [0.2, 0.25) is 0 Å². The van der Waals surface area contributed by atoms with Gasteiger partial charge >= 0.3 is 0 Å². The van der Waals surface area contributed by atoms with Gasteiger partial charge in [0.05, 0.1) is 6.10 Å². The molecule has 3 nitrogen and oxygen atoms in total. The maximum absolute atomic E-state index is 5.69. The number of hydrogen-bond donors (Lipinski definition) is 1. The Morgan fingerprint density at radius 2 is 2.24 bits per heavy atom. The van der Waals surface area contributed by atoms with E-state index in [1.165, 1.54) is 25.7 Å². The molecule has 3 heteroatoms. The fraction of sp³-hybridized carbons (Fsp3) is 1.00. The van der Waals surface area contributed by atoms with E-state index in [1.807, 2.05) is 0 Å². The van der Waals surface area contributed by atoms with Gasteiger partial charge in [0, 0.05) is 32.3 Å². The van der Waals surface area contributed by atoms with Crippen LogP contribution in [0.5, 0.6) is 0 Å². The van der Waals surface area contributed by atoms with Gasteiger partial charge in [0.15, 0.2) is 0 Å². The monoisotopic (exact) mass is 242 g/mol. The summed E-state index contributed by atoms with van der Waals surface area (Å²) in [6.45, 7) is 12.2. The highest BCUT2D eigenvalue weighted by Gasteiger charge is 2.18. The minimum absolute atomic E-state index is 0.489. The number of ether oxygens (including phenoxy) is 1. The van der Waals surface area contributed by atoms with Crippen LogP contribution in [0.15, 0.2) is 0 Å². The van der Waals surface area contributed by atoms with Gasteiger partial charge in [0.2, 0.25) is 0 Å². The second-order valence-electron chi connectivity index (χ2n) is 5.17. The van der Waals surface area contributed by atoms with Crippen LogP contribution in [-0.4, -0.2) is 49.8 Å². The molecule has 102 valence electrons. The van der Waals surface area contributed by atoms with E-state index < -0.39 is 0 Å². The fourth-order valence-electron chi connectivity index (χ4n) is 2.46. The van der Waals surface area contributed by atoms with E-state index in [1.54, 1.807) is 0 Å². The smallest absolute Gasteiger partial charge is 0.0702 e. The van der Waals surface area contributed by atoms with Crippen molar-refractivity contribution in [3.8, 4) is 0 Å². The van der Waals surface area contributed by atoms with Gasteiger partial charge in [0.25, 0.3) is 0 Å². The predicted molar refractivity (Wildman–Crippen MR) is 73.5 cm³/mol. The lowest BCUT2D eigenvalue weighted by atomic mass is 10.2. The average Bonchev–Trinajstić information content (AvgIpc) is 2.81. The van der Waals surface area contributed by atoms with Crippen molar-refractivity contribution in [1.29, 1.82) is 0 Å². The molecule has 0 saturated carbocycles. The third kappa shape index (κ3) is 6.39. The molecule has 17 heavy (non-hydrogen) atoms. The first-order valence-corrected chi connectivity index (χ1v) is 7.33. The summed E-state index contributed by atoms with van der Waals surface area (Å²) in [6, 6.07) is 0.654. The molecule has 2 atom stereocenters. The summed E-state index contributed by atoms with van der Waals surface area (Å²) in [5, 5.41) is 3.59. The van der Waals surface area contributed by atoms with Crippen molar-refractivity contribution in [3.63, 3.8) is 0 Å². The molecule has 1 N–H and O–H groups in total. The van der Waals surface area contributed by atoms with Crippen molar-refractivity contribution < 1.29 is 4.74 Å². The summed E-state index contributed by atoms with van der Waals surface area (Å²) >= 11 is 0. The quantitative estimate of drug-likeness (QED) is 0.671. The predicted octanol–water partition coefficient (Wildman–Crippen LogP) is 2.27. The first kappa shape index (κ1) is 14.9. The number of likely N-dealkylation sites (N-methyl/N-ethyl adjacent to an activating group) is 1. The van der Waals surface area contributed by atoms with Crippen LogP contribution in [0.25, 0.3) is 0 Å². The lowest BCUT2D eigenvalue weighted by molar-refractivity contribution is 0.0749. The van der Waals surface area contributed by atoms with Crippen molar-refractivity contribution in [1.82, 2.24) is 10.2 Å². The molecule has 1 aliphatic rings. The van der Waals surface area contributed by atoms with Gasteiger partial charge in [-0.3, -0.25) is 4.90 Å². The zero-order chi connectivity index (χ0) is 12.5. The average molecular weight is 242 g/mol. The number of nitrogens with one attached hydrogen (secondary N) is 1. The third-order valence-corrected chi connectivity index (χ3v) is 3.58. The minimum Gasteiger partial charge on any atom is -0.377 e. The maximum Gasteiger partial charge on any atom is 0.0702 e. The highest BCUT2D eigenvalue weighted by atomic mass is 16.5. The standard InChI is InChI=1S/C14H30N2O/c1-4-7-13(3)15-9-10-16(5-2)12-14-8-6-11-17-14/h13-15H,4-12H2,1-3H3. The van der Waals surface area contributed by atoms with Crippen LogP contribution in [0.3, 0.4) is 0 Å². The zero-order valence-electron chi connectivity index (χ0n) is 11.9. The molecule has 1 rings (SSSR count). The molecular formula is C14H30N2O. The zero-order valence-corrected chi connectivity index (χ0v) is 11.9. The molecule has 0 aromatic rings. The highest BCUT2D eigenvalue weighted by molar-refractivity contribution is 4.71. The van der Waals surface area contributed by atoms with Gasteiger partial charge < -0.3 is 10.1 Å². The van der Waals surface area contributed by atoms with E-state index in [4.69, 9.17) is 4.74 Å². The largest absolute Gasteiger partial charge is 0.377 e. The van der Waals surface area contributed by atoms with Crippen LogP contribution in [-0.2, 0) is 4.74 Å². The topological polar surface area (TPSA) is 24.5 Å². The SMILES string of the molecule is CCCC(C)NCCN(CC)CC1CCCO1. The lowest BCUT2D eigenvalue weighted by Gasteiger charge is -2.24. The van der Waals surface area contributed by atoms with E-state index in [-0.39, 0.29) is 0 Å². The van der Waals surface area contributed by atoms with Gasteiger partial charge in [-0.25, -0.2) is 0 Å².